The summed E-state index contributed by atoms with van der Waals surface area (Å²) in [6.07, 6.45) is 0. The number of rotatable bonds is 4. The highest BCUT2D eigenvalue weighted by Gasteiger charge is 2.13. The van der Waals surface area contributed by atoms with E-state index in [0.29, 0.717) is 17.5 Å². The summed E-state index contributed by atoms with van der Waals surface area (Å²) in [4.78, 5) is 14.5. The maximum atomic E-state index is 6.24. The summed E-state index contributed by atoms with van der Waals surface area (Å²) < 4.78 is 6.24. The second kappa shape index (κ2) is 9.54. The molecule has 0 amide bonds. The highest BCUT2D eigenvalue weighted by Crippen LogP contribution is 2.36. The maximum absolute atomic E-state index is 6.24. The minimum Gasteiger partial charge on any atom is -0.455 e. The van der Waals surface area contributed by atoms with Gasteiger partial charge >= 0.3 is 0 Å². The van der Waals surface area contributed by atoms with Gasteiger partial charge in [-0.3, -0.25) is 0 Å². The van der Waals surface area contributed by atoms with Crippen LogP contribution in [-0.4, -0.2) is 15.0 Å². The molecule has 4 nitrogen and oxygen atoms in total. The normalized spacial score (nSPS) is 11.4. The quantitative estimate of drug-likeness (QED) is 0.230. The van der Waals surface area contributed by atoms with E-state index >= 15 is 0 Å². The molecule has 41 heavy (non-hydrogen) atoms. The summed E-state index contributed by atoms with van der Waals surface area (Å²) in [5, 5.41) is 4.56. The van der Waals surface area contributed by atoms with Crippen LogP contribution in [0.3, 0.4) is 0 Å². The van der Waals surface area contributed by atoms with Crippen molar-refractivity contribution in [3.8, 4) is 45.3 Å². The molecule has 8 rings (SSSR count). The molecular weight excluding hydrogens is 502 g/mol. The topological polar surface area (TPSA) is 51.8 Å². The molecule has 0 bridgehead atoms. The third-order valence-corrected chi connectivity index (χ3v) is 7.54. The summed E-state index contributed by atoms with van der Waals surface area (Å²) in [6.45, 7) is 0. The van der Waals surface area contributed by atoms with Gasteiger partial charge in [0, 0.05) is 32.8 Å². The zero-order valence-electron chi connectivity index (χ0n) is 22.0. The first-order chi connectivity index (χ1) is 20.3. The second-order valence-corrected chi connectivity index (χ2v) is 10.1. The average molecular weight is 526 g/mol. The Balaban J connectivity index is 1.18. The van der Waals surface area contributed by atoms with E-state index in [1.165, 1.54) is 0 Å². The highest BCUT2D eigenvalue weighted by molar-refractivity contribution is 6.15. The summed E-state index contributed by atoms with van der Waals surface area (Å²) in [7, 11) is 0. The molecule has 0 spiro atoms. The van der Waals surface area contributed by atoms with Crippen LogP contribution in [0.15, 0.2) is 144 Å². The molecule has 0 fully saturated rings. The van der Waals surface area contributed by atoms with Gasteiger partial charge in [-0.1, -0.05) is 115 Å². The van der Waals surface area contributed by atoms with Crippen LogP contribution in [0.25, 0.3) is 78.0 Å². The van der Waals surface area contributed by atoms with Crippen LogP contribution in [0.1, 0.15) is 0 Å². The lowest BCUT2D eigenvalue weighted by molar-refractivity contribution is 0.672. The van der Waals surface area contributed by atoms with E-state index in [2.05, 4.69) is 66.7 Å². The Bertz CT molecular complexity index is 2130. The van der Waals surface area contributed by atoms with Crippen LogP contribution < -0.4 is 0 Å². The predicted octanol–water partition coefficient (Wildman–Crippen LogP) is 9.59. The third-order valence-electron chi connectivity index (χ3n) is 7.54. The minimum atomic E-state index is 0.648. The predicted molar refractivity (Wildman–Crippen MR) is 166 cm³/mol. The number of furan rings is 1. The fraction of sp³-hybridized carbons (Fsp3) is 0. The van der Waals surface area contributed by atoms with E-state index in [1.807, 2.05) is 72.8 Å². The number of hydrogen-bond acceptors (Lipinski definition) is 4. The van der Waals surface area contributed by atoms with Crippen molar-refractivity contribution < 1.29 is 4.42 Å². The number of nitrogens with zero attached hydrogens (tertiary/aromatic N) is 3. The van der Waals surface area contributed by atoms with Crippen molar-refractivity contribution in [1.29, 1.82) is 0 Å². The van der Waals surface area contributed by atoms with E-state index in [0.717, 1.165) is 60.5 Å². The number of aromatic nitrogens is 3. The van der Waals surface area contributed by atoms with E-state index < -0.39 is 0 Å². The van der Waals surface area contributed by atoms with Gasteiger partial charge in [-0.2, -0.15) is 0 Å². The van der Waals surface area contributed by atoms with Gasteiger partial charge in [0.2, 0.25) is 0 Å². The van der Waals surface area contributed by atoms with Crippen LogP contribution in [0.2, 0.25) is 0 Å². The SMILES string of the molecule is c1ccc(-c2nc(-c3ccccc3)nc(-c3ccc(-c4ccc5c(ccc6c7ccccc7oc56)c4)cc3)n2)cc1. The summed E-state index contributed by atoms with van der Waals surface area (Å²) in [5.41, 5.74) is 6.98. The average Bonchev–Trinajstić information content (AvgIpc) is 3.44. The smallest absolute Gasteiger partial charge is 0.164 e. The standard InChI is InChI=1S/C37H23N3O/c1-3-9-25(10-4-1)35-38-36(26-11-5-2-6-12-26)40-37(39-35)27-17-15-24(16-18-27)28-19-21-30-29(23-28)20-22-32-31-13-7-8-14-33(31)41-34(30)32/h1-23H. The van der Waals surface area contributed by atoms with Crippen molar-refractivity contribution in [2.45, 2.75) is 0 Å². The van der Waals surface area contributed by atoms with Crippen LogP contribution in [-0.2, 0) is 0 Å². The monoisotopic (exact) mass is 525 g/mol. The third kappa shape index (κ3) is 4.14. The Labute approximate surface area is 236 Å². The van der Waals surface area contributed by atoms with Crippen molar-refractivity contribution in [2.75, 3.05) is 0 Å². The molecule has 192 valence electrons. The second-order valence-electron chi connectivity index (χ2n) is 10.1. The molecule has 0 atom stereocenters. The minimum absolute atomic E-state index is 0.648. The zero-order chi connectivity index (χ0) is 27.2. The van der Waals surface area contributed by atoms with Gasteiger partial charge in [0.25, 0.3) is 0 Å². The van der Waals surface area contributed by atoms with Crippen LogP contribution in [0, 0.1) is 0 Å². The Kier molecular flexibility index (Phi) is 5.42. The first-order valence-electron chi connectivity index (χ1n) is 13.6. The zero-order valence-corrected chi connectivity index (χ0v) is 22.0. The maximum Gasteiger partial charge on any atom is 0.164 e. The molecule has 4 heteroatoms. The van der Waals surface area contributed by atoms with Crippen molar-refractivity contribution in [1.82, 2.24) is 15.0 Å². The van der Waals surface area contributed by atoms with Crippen molar-refractivity contribution >= 4 is 32.7 Å². The van der Waals surface area contributed by atoms with Gasteiger partial charge in [-0.25, -0.2) is 15.0 Å². The van der Waals surface area contributed by atoms with Gasteiger partial charge in [0.1, 0.15) is 11.2 Å². The lowest BCUT2D eigenvalue weighted by Crippen LogP contribution is -2.00. The van der Waals surface area contributed by atoms with E-state index in [-0.39, 0.29) is 0 Å². The summed E-state index contributed by atoms with van der Waals surface area (Å²) >= 11 is 0. The molecule has 0 N–H and O–H groups in total. The number of para-hydroxylation sites is 1. The van der Waals surface area contributed by atoms with Crippen molar-refractivity contribution in [3.05, 3.63) is 140 Å². The largest absolute Gasteiger partial charge is 0.455 e. The van der Waals surface area contributed by atoms with Gasteiger partial charge in [-0.05, 0) is 40.8 Å². The molecular formula is C37H23N3O. The molecule has 0 radical (unpaired) electrons. The van der Waals surface area contributed by atoms with E-state index in [9.17, 15) is 0 Å². The molecule has 0 saturated carbocycles. The van der Waals surface area contributed by atoms with Crippen LogP contribution in [0.5, 0.6) is 0 Å². The van der Waals surface area contributed by atoms with Gasteiger partial charge in [0.15, 0.2) is 17.5 Å². The molecule has 2 aromatic heterocycles. The molecule has 0 unspecified atom stereocenters. The fourth-order valence-corrected chi connectivity index (χ4v) is 5.44. The fourth-order valence-electron chi connectivity index (χ4n) is 5.44. The summed E-state index contributed by atoms with van der Waals surface area (Å²) in [5.74, 6) is 1.96. The molecule has 6 aromatic carbocycles. The Morgan fingerprint density at radius 2 is 0.878 bits per heavy atom. The molecule has 2 heterocycles. The number of fused-ring (bicyclic) bond motifs is 5. The Hall–Kier alpha value is -5.61. The number of benzene rings is 6. The van der Waals surface area contributed by atoms with Crippen molar-refractivity contribution in [3.63, 3.8) is 0 Å². The molecule has 0 saturated heterocycles. The highest BCUT2D eigenvalue weighted by atomic mass is 16.3. The Morgan fingerprint density at radius 3 is 1.54 bits per heavy atom. The van der Waals surface area contributed by atoms with E-state index in [1.54, 1.807) is 0 Å². The van der Waals surface area contributed by atoms with Gasteiger partial charge < -0.3 is 4.42 Å². The van der Waals surface area contributed by atoms with Crippen molar-refractivity contribution in [2.24, 2.45) is 0 Å². The Morgan fingerprint density at radius 1 is 0.366 bits per heavy atom. The van der Waals surface area contributed by atoms with Crippen LogP contribution in [0.4, 0.5) is 0 Å². The lowest BCUT2D eigenvalue weighted by atomic mass is 9.99. The van der Waals surface area contributed by atoms with E-state index in [4.69, 9.17) is 19.4 Å². The van der Waals surface area contributed by atoms with Gasteiger partial charge in [0.05, 0.1) is 0 Å². The molecule has 0 aliphatic heterocycles. The van der Waals surface area contributed by atoms with Crippen LogP contribution >= 0.6 is 0 Å². The summed E-state index contributed by atoms with van der Waals surface area (Å²) in [6, 6.07) is 47.6. The van der Waals surface area contributed by atoms with Gasteiger partial charge in [-0.15, -0.1) is 0 Å². The molecule has 0 aliphatic carbocycles. The molecule has 8 aromatic rings. The first-order valence-corrected chi connectivity index (χ1v) is 13.6. The lowest BCUT2D eigenvalue weighted by Gasteiger charge is -2.09. The molecule has 0 aliphatic rings. The number of hydrogen-bond donors (Lipinski definition) is 0. The first kappa shape index (κ1) is 23.3.